The van der Waals surface area contributed by atoms with Crippen LogP contribution in [0.4, 0.5) is 4.79 Å². The fourth-order valence-corrected chi connectivity index (χ4v) is 5.24. The Morgan fingerprint density at radius 2 is 2.12 bits per heavy atom. The first-order valence-electron chi connectivity index (χ1n) is 7.74. The molecule has 1 aliphatic carbocycles. The Hall–Kier alpha value is -1.61. The summed E-state index contributed by atoms with van der Waals surface area (Å²) in [7, 11) is -2.08. The topological polar surface area (TPSA) is 87.3 Å². The van der Waals surface area contributed by atoms with Crippen LogP contribution in [0.25, 0.3) is 0 Å². The van der Waals surface area contributed by atoms with Gasteiger partial charge in [-0.3, -0.25) is 0 Å². The minimum absolute atomic E-state index is 0.0581. The molecule has 1 unspecified atom stereocenters. The second-order valence-corrected chi connectivity index (χ2v) is 9.34. The van der Waals surface area contributed by atoms with Crippen molar-refractivity contribution in [1.29, 1.82) is 0 Å². The molecule has 0 aliphatic heterocycles. The van der Waals surface area contributed by atoms with E-state index >= 15 is 0 Å². The average Bonchev–Trinajstić information content (AvgIpc) is 3.22. The van der Waals surface area contributed by atoms with Crippen molar-refractivity contribution in [3.8, 4) is 0 Å². The number of sulfonamides is 1. The van der Waals surface area contributed by atoms with Crippen LogP contribution in [0.15, 0.2) is 34.5 Å². The summed E-state index contributed by atoms with van der Waals surface area (Å²) in [6.07, 6.45) is 1.66. The van der Waals surface area contributed by atoms with Crippen LogP contribution in [0, 0.1) is 0 Å². The number of fused-ring (bicyclic) bond motifs is 1. The van der Waals surface area contributed by atoms with Crippen LogP contribution < -0.4 is 15.4 Å². The van der Waals surface area contributed by atoms with Gasteiger partial charge < -0.3 is 10.6 Å². The fourth-order valence-electron chi connectivity index (χ4n) is 2.83. The van der Waals surface area contributed by atoms with E-state index in [9.17, 15) is 13.2 Å². The predicted molar refractivity (Wildman–Crippen MR) is 98.4 cm³/mol. The highest BCUT2D eigenvalue weighted by Gasteiger charge is 2.25. The summed E-state index contributed by atoms with van der Waals surface area (Å²) in [5.41, 5.74) is 2.15. The Labute approximate surface area is 155 Å². The number of carbonyl (C=O) groups is 1. The summed E-state index contributed by atoms with van der Waals surface area (Å²) in [5.74, 6) is 0. The fraction of sp³-hybridized carbons (Fsp3) is 0.312. The molecular weight excluding hydrogens is 382 g/mol. The van der Waals surface area contributed by atoms with Gasteiger partial charge in [0.05, 0.1) is 12.6 Å². The van der Waals surface area contributed by atoms with E-state index in [4.69, 9.17) is 11.6 Å². The van der Waals surface area contributed by atoms with Gasteiger partial charge in [0.15, 0.2) is 0 Å². The highest BCUT2D eigenvalue weighted by atomic mass is 35.5. The molecule has 1 aliphatic rings. The molecule has 0 radical (unpaired) electrons. The number of hydrogen-bond donors (Lipinski definition) is 3. The standard InChI is InChI=1S/C16H18ClN3O3S2/c1-18-25(22,23)15-8-5-10(24-15)9-19-16(21)20-14-7-6-11-12(14)3-2-4-13(11)17/h2-5,8,14,18H,6-7,9H2,1H3,(H2,19,20,21). The van der Waals surface area contributed by atoms with Crippen LogP contribution in [0.3, 0.4) is 0 Å². The third kappa shape index (κ3) is 3.98. The molecule has 3 N–H and O–H groups in total. The maximum absolute atomic E-state index is 12.1. The van der Waals surface area contributed by atoms with E-state index in [1.807, 2.05) is 18.2 Å². The van der Waals surface area contributed by atoms with Crippen LogP contribution in [-0.4, -0.2) is 21.5 Å². The summed E-state index contributed by atoms with van der Waals surface area (Å²) < 4.78 is 25.9. The molecule has 2 aromatic rings. The molecule has 9 heteroatoms. The molecule has 0 bridgehead atoms. The maximum atomic E-state index is 12.1. The van der Waals surface area contributed by atoms with Crippen molar-refractivity contribution >= 4 is 39.0 Å². The molecule has 0 fully saturated rings. The number of halogens is 1. The van der Waals surface area contributed by atoms with E-state index in [1.54, 1.807) is 6.07 Å². The molecule has 1 heterocycles. The normalized spacial score (nSPS) is 16.5. The smallest absolute Gasteiger partial charge is 0.315 e. The summed E-state index contributed by atoms with van der Waals surface area (Å²) in [6, 6.07) is 8.60. The molecule has 6 nitrogen and oxygen atoms in total. The van der Waals surface area contributed by atoms with Crippen LogP contribution in [-0.2, 0) is 23.0 Å². The largest absolute Gasteiger partial charge is 0.333 e. The first-order chi connectivity index (χ1) is 11.9. The molecule has 0 saturated heterocycles. The van der Waals surface area contributed by atoms with Crippen LogP contribution in [0.5, 0.6) is 0 Å². The van der Waals surface area contributed by atoms with E-state index in [0.29, 0.717) is 0 Å². The summed E-state index contributed by atoms with van der Waals surface area (Å²) in [4.78, 5) is 12.9. The average molecular weight is 400 g/mol. The molecule has 0 saturated carbocycles. The van der Waals surface area contributed by atoms with Crippen LogP contribution >= 0.6 is 22.9 Å². The highest BCUT2D eigenvalue weighted by Crippen LogP contribution is 2.35. The summed E-state index contributed by atoms with van der Waals surface area (Å²) >= 11 is 7.31. The first kappa shape index (κ1) is 18.2. The van der Waals surface area contributed by atoms with Crippen molar-refractivity contribution in [2.24, 2.45) is 0 Å². The minimum Gasteiger partial charge on any atom is -0.333 e. The Balaban J connectivity index is 1.57. The van der Waals surface area contributed by atoms with Gasteiger partial charge in [-0.25, -0.2) is 17.9 Å². The van der Waals surface area contributed by atoms with Crippen molar-refractivity contribution < 1.29 is 13.2 Å². The lowest BCUT2D eigenvalue weighted by Crippen LogP contribution is -2.36. The molecule has 134 valence electrons. The number of hydrogen-bond acceptors (Lipinski definition) is 4. The van der Waals surface area contributed by atoms with E-state index < -0.39 is 10.0 Å². The van der Waals surface area contributed by atoms with E-state index in [1.165, 1.54) is 13.1 Å². The lowest BCUT2D eigenvalue weighted by molar-refractivity contribution is 0.236. The third-order valence-corrected chi connectivity index (χ3v) is 7.46. The lowest BCUT2D eigenvalue weighted by Gasteiger charge is -2.14. The monoisotopic (exact) mass is 399 g/mol. The molecular formula is C16H18ClN3O3S2. The summed E-state index contributed by atoms with van der Waals surface area (Å²) in [5, 5.41) is 6.45. The zero-order valence-electron chi connectivity index (χ0n) is 13.5. The van der Waals surface area contributed by atoms with Crippen molar-refractivity contribution in [3.05, 3.63) is 51.4 Å². The van der Waals surface area contributed by atoms with E-state index in [-0.39, 0.29) is 22.8 Å². The molecule has 25 heavy (non-hydrogen) atoms. The van der Waals surface area contributed by atoms with Crippen molar-refractivity contribution in [3.63, 3.8) is 0 Å². The highest BCUT2D eigenvalue weighted by molar-refractivity contribution is 7.91. The zero-order chi connectivity index (χ0) is 18.0. The first-order valence-corrected chi connectivity index (χ1v) is 10.4. The van der Waals surface area contributed by atoms with Crippen molar-refractivity contribution in [1.82, 2.24) is 15.4 Å². The molecule has 1 aromatic heterocycles. The second kappa shape index (κ2) is 7.33. The molecule has 1 atom stereocenters. The Kier molecular flexibility index (Phi) is 5.33. The van der Waals surface area contributed by atoms with Crippen LogP contribution in [0.1, 0.15) is 28.5 Å². The van der Waals surface area contributed by atoms with E-state index in [0.717, 1.165) is 45.2 Å². The van der Waals surface area contributed by atoms with Gasteiger partial charge in [0.2, 0.25) is 10.0 Å². The van der Waals surface area contributed by atoms with Gasteiger partial charge in [-0.2, -0.15) is 0 Å². The Morgan fingerprint density at radius 3 is 2.88 bits per heavy atom. The third-order valence-electron chi connectivity index (χ3n) is 4.11. The molecule has 3 rings (SSSR count). The predicted octanol–water partition coefficient (Wildman–Crippen LogP) is 2.80. The van der Waals surface area contributed by atoms with Gasteiger partial charge in [-0.15, -0.1) is 11.3 Å². The van der Waals surface area contributed by atoms with Crippen LogP contribution in [0.2, 0.25) is 5.02 Å². The number of benzene rings is 1. The number of thiophene rings is 1. The van der Waals surface area contributed by atoms with Crippen molar-refractivity contribution in [2.75, 3.05) is 7.05 Å². The molecule has 0 spiro atoms. The summed E-state index contributed by atoms with van der Waals surface area (Å²) in [6.45, 7) is 0.269. The molecule has 2 amide bonds. The van der Waals surface area contributed by atoms with Gasteiger partial charge in [-0.05, 0) is 49.2 Å². The number of amides is 2. The number of rotatable bonds is 5. The van der Waals surface area contributed by atoms with Gasteiger partial charge in [-0.1, -0.05) is 23.7 Å². The van der Waals surface area contributed by atoms with Gasteiger partial charge in [0.25, 0.3) is 0 Å². The Morgan fingerprint density at radius 1 is 1.32 bits per heavy atom. The van der Waals surface area contributed by atoms with Gasteiger partial charge >= 0.3 is 6.03 Å². The second-order valence-electron chi connectivity index (χ2n) is 5.65. The lowest BCUT2D eigenvalue weighted by atomic mass is 10.1. The van der Waals surface area contributed by atoms with Gasteiger partial charge in [0.1, 0.15) is 4.21 Å². The SMILES string of the molecule is CNS(=O)(=O)c1ccc(CNC(=O)NC2CCc3c(Cl)cccc32)s1. The molecule has 1 aromatic carbocycles. The minimum atomic E-state index is -3.44. The quantitative estimate of drug-likeness (QED) is 0.722. The number of nitrogens with one attached hydrogen (secondary N) is 3. The number of carbonyl (C=O) groups excluding carboxylic acids is 1. The van der Waals surface area contributed by atoms with E-state index in [2.05, 4.69) is 15.4 Å². The Bertz CT molecular complexity index is 896. The van der Waals surface area contributed by atoms with Crippen molar-refractivity contribution in [2.45, 2.75) is 29.6 Å². The maximum Gasteiger partial charge on any atom is 0.315 e. The zero-order valence-corrected chi connectivity index (χ0v) is 15.9. The van der Waals surface area contributed by atoms with Gasteiger partial charge in [0, 0.05) is 9.90 Å². The number of urea groups is 1.